The number of rotatable bonds is 3. The number of aryl methyl sites for hydroxylation is 1. The summed E-state index contributed by atoms with van der Waals surface area (Å²) in [6.45, 7) is 2.47. The maximum Gasteiger partial charge on any atom is 0.254 e. The van der Waals surface area contributed by atoms with Crippen LogP contribution in [0.5, 0.6) is 0 Å². The van der Waals surface area contributed by atoms with E-state index in [0.29, 0.717) is 10.6 Å². The van der Waals surface area contributed by atoms with Crippen molar-refractivity contribution >= 4 is 27.5 Å². The summed E-state index contributed by atoms with van der Waals surface area (Å²) in [5.74, 6) is -0.735. The topological polar surface area (TPSA) is 57.7 Å². The maximum absolute atomic E-state index is 13.7. The van der Waals surface area contributed by atoms with Crippen LogP contribution in [0.4, 0.5) is 4.39 Å². The summed E-state index contributed by atoms with van der Waals surface area (Å²) in [5.41, 5.74) is 0.734. The normalized spacial score (nSPS) is 15.9. The smallest absolute Gasteiger partial charge is 0.254 e. The van der Waals surface area contributed by atoms with E-state index in [-0.39, 0.29) is 42.5 Å². The van der Waals surface area contributed by atoms with Crippen LogP contribution in [0.2, 0.25) is 5.02 Å². The van der Waals surface area contributed by atoms with Crippen LogP contribution in [0.3, 0.4) is 0 Å². The van der Waals surface area contributed by atoms with Gasteiger partial charge in [0.15, 0.2) is 0 Å². The molecule has 0 bridgehead atoms. The van der Waals surface area contributed by atoms with E-state index < -0.39 is 15.8 Å². The van der Waals surface area contributed by atoms with Gasteiger partial charge in [0.25, 0.3) is 5.91 Å². The number of carbonyl (C=O) groups excluding carboxylic acids is 1. The Morgan fingerprint density at radius 1 is 1.08 bits per heavy atom. The van der Waals surface area contributed by atoms with Crippen molar-refractivity contribution in [3.8, 4) is 0 Å². The van der Waals surface area contributed by atoms with Gasteiger partial charge in [0.05, 0.1) is 4.90 Å². The van der Waals surface area contributed by atoms with Crippen molar-refractivity contribution in [2.45, 2.75) is 11.8 Å². The fourth-order valence-corrected chi connectivity index (χ4v) is 4.54. The summed E-state index contributed by atoms with van der Waals surface area (Å²) in [6.07, 6.45) is 0. The lowest BCUT2D eigenvalue weighted by Crippen LogP contribution is -2.50. The molecule has 0 aliphatic carbocycles. The minimum Gasteiger partial charge on any atom is -0.336 e. The van der Waals surface area contributed by atoms with Gasteiger partial charge < -0.3 is 4.90 Å². The van der Waals surface area contributed by atoms with E-state index in [9.17, 15) is 17.6 Å². The molecule has 1 fully saturated rings. The number of hydrogen-bond donors (Lipinski definition) is 0. The number of halogens is 2. The first-order chi connectivity index (χ1) is 12.3. The first-order valence-electron chi connectivity index (χ1n) is 8.10. The highest BCUT2D eigenvalue weighted by Crippen LogP contribution is 2.21. The molecule has 138 valence electrons. The summed E-state index contributed by atoms with van der Waals surface area (Å²) >= 11 is 5.88. The number of hydrogen-bond acceptors (Lipinski definition) is 3. The lowest BCUT2D eigenvalue weighted by atomic mass is 10.1. The fraction of sp³-hybridized carbons (Fsp3) is 0.278. The molecule has 0 atom stereocenters. The summed E-state index contributed by atoms with van der Waals surface area (Å²) in [7, 11) is -3.66. The van der Waals surface area contributed by atoms with Crippen LogP contribution in [0.25, 0.3) is 0 Å². The monoisotopic (exact) mass is 396 g/mol. The highest BCUT2D eigenvalue weighted by Gasteiger charge is 2.30. The third-order valence-electron chi connectivity index (χ3n) is 4.38. The number of amides is 1. The van der Waals surface area contributed by atoms with Crippen LogP contribution < -0.4 is 0 Å². The van der Waals surface area contributed by atoms with Crippen LogP contribution in [0.15, 0.2) is 47.4 Å². The van der Waals surface area contributed by atoms with Crippen molar-refractivity contribution in [2.24, 2.45) is 0 Å². The second-order valence-electron chi connectivity index (χ2n) is 6.12. The van der Waals surface area contributed by atoms with Gasteiger partial charge in [-0.3, -0.25) is 4.79 Å². The Labute approximate surface area is 157 Å². The van der Waals surface area contributed by atoms with E-state index in [1.807, 2.05) is 0 Å². The molecule has 3 rings (SSSR count). The number of sulfonamides is 1. The van der Waals surface area contributed by atoms with Gasteiger partial charge in [0.2, 0.25) is 10.0 Å². The molecule has 0 aromatic heterocycles. The second kappa shape index (κ2) is 7.34. The molecule has 0 N–H and O–H groups in total. The van der Waals surface area contributed by atoms with Crippen LogP contribution in [0.1, 0.15) is 15.9 Å². The Bertz CT molecular complexity index is 941. The van der Waals surface area contributed by atoms with E-state index >= 15 is 0 Å². The molecule has 2 aromatic carbocycles. The van der Waals surface area contributed by atoms with Gasteiger partial charge >= 0.3 is 0 Å². The highest BCUT2D eigenvalue weighted by atomic mass is 35.5. The summed E-state index contributed by atoms with van der Waals surface area (Å²) in [5, 5.41) is 0.348. The van der Waals surface area contributed by atoms with Crippen LogP contribution in [-0.2, 0) is 10.0 Å². The number of nitrogens with zero attached hydrogens (tertiary/aromatic N) is 2. The lowest BCUT2D eigenvalue weighted by molar-refractivity contribution is 0.0697. The highest BCUT2D eigenvalue weighted by molar-refractivity contribution is 7.89. The van der Waals surface area contributed by atoms with Gasteiger partial charge in [0, 0.05) is 36.8 Å². The molecule has 2 aromatic rings. The Kier molecular flexibility index (Phi) is 5.32. The molecule has 0 unspecified atom stereocenters. The molecule has 1 saturated heterocycles. The Morgan fingerprint density at radius 2 is 1.77 bits per heavy atom. The van der Waals surface area contributed by atoms with Crippen molar-refractivity contribution < 1.29 is 17.6 Å². The molecule has 0 spiro atoms. The predicted molar refractivity (Wildman–Crippen MR) is 97.3 cm³/mol. The Balaban J connectivity index is 1.70. The van der Waals surface area contributed by atoms with Gasteiger partial charge in [-0.25, -0.2) is 12.8 Å². The standard InChI is InChI=1S/C18H18ClFN2O3S/c1-13-5-6-14(11-17(13)20)18(23)21-7-9-22(10-8-21)26(24,25)16-4-2-3-15(19)12-16/h2-6,11-12H,7-10H2,1H3. The second-order valence-corrected chi connectivity index (χ2v) is 8.49. The van der Waals surface area contributed by atoms with Crippen molar-refractivity contribution in [3.63, 3.8) is 0 Å². The van der Waals surface area contributed by atoms with Gasteiger partial charge in [-0.2, -0.15) is 4.31 Å². The summed E-state index contributed by atoms with van der Waals surface area (Å²) in [6, 6.07) is 10.4. The van der Waals surface area contributed by atoms with Gasteiger partial charge in [-0.1, -0.05) is 23.7 Å². The van der Waals surface area contributed by atoms with Crippen molar-refractivity contribution in [3.05, 3.63) is 64.4 Å². The maximum atomic E-state index is 13.7. The van der Waals surface area contributed by atoms with Gasteiger partial charge in [0.1, 0.15) is 5.82 Å². The zero-order chi connectivity index (χ0) is 18.9. The van der Waals surface area contributed by atoms with E-state index in [1.54, 1.807) is 31.2 Å². The summed E-state index contributed by atoms with van der Waals surface area (Å²) in [4.78, 5) is 14.2. The number of piperazine rings is 1. The minimum absolute atomic E-state index is 0.130. The quantitative estimate of drug-likeness (QED) is 0.801. The summed E-state index contributed by atoms with van der Waals surface area (Å²) < 4.78 is 40.4. The third-order valence-corrected chi connectivity index (χ3v) is 6.51. The molecular weight excluding hydrogens is 379 g/mol. The van der Waals surface area contributed by atoms with Gasteiger partial charge in [-0.15, -0.1) is 0 Å². The Morgan fingerprint density at radius 3 is 2.38 bits per heavy atom. The molecule has 8 heteroatoms. The molecule has 1 aliphatic heterocycles. The molecular formula is C18H18ClFN2O3S. The first-order valence-corrected chi connectivity index (χ1v) is 9.92. The molecule has 0 radical (unpaired) electrons. The predicted octanol–water partition coefficient (Wildman–Crippen LogP) is 2.93. The molecule has 5 nitrogen and oxygen atoms in total. The molecule has 1 aliphatic rings. The van der Waals surface area contributed by atoms with E-state index in [0.717, 1.165) is 0 Å². The molecule has 26 heavy (non-hydrogen) atoms. The van der Waals surface area contributed by atoms with Crippen molar-refractivity contribution in [1.29, 1.82) is 0 Å². The zero-order valence-corrected chi connectivity index (χ0v) is 15.7. The fourth-order valence-electron chi connectivity index (χ4n) is 2.82. The third kappa shape index (κ3) is 3.75. The van der Waals surface area contributed by atoms with Crippen LogP contribution >= 0.6 is 11.6 Å². The molecule has 1 amide bonds. The Hall–Kier alpha value is -1.96. The van der Waals surface area contributed by atoms with Crippen molar-refractivity contribution in [1.82, 2.24) is 9.21 Å². The molecule has 0 saturated carbocycles. The lowest BCUT2D eigenvalue weighted by Gasteiger charge is -2.34. The average Bonchev–Trinajstić information content (AvgIpc) is 2.63. The number of carbonyl (C=O) groups is 1. The largest absolute Gasteiger partial charge is 0.336 e. The van der Waals surface area contributed by atoms with Crippen LogP contribution in [-0.4, -0.2) is 49.7 Å². The SMILES string of the molecule is Cc1ccc(C(=O)N2CCN(S(=O)(=O)c3cccc(Cl)c3)CC2)cc1F. The molecule has 1 heterocycles. The van der Waals surface area contributed by atoms with E-state index in [2.05, 4.69) is 0 Å². The number of benzene rings is 2. The zero-order valence-electron chi connectivity index (χ0n) is 14.2. The van der Waals surface area contributed by atoms with E-state index in [4.69, 9.17) is 11.6 Å². The minimum atomic E-state index is -3.66. The van der Waals surface area contributed by atoms with E-state index in [1.165, 1.54) is 27.4 Å². The van der Waals surface area contributed by atoms with Gasteiger partial charge in [-0.05, 0) is 42.8 Å². The first kappa shape index (κ1) is 18.8. The van der Waals surface area contributed by atoms with Crippen molar-refractivity contribution in [2.75, 3.05) is 26.2 Å². The average molecular weight is 397 g/mol. The van der Waals surface area contributed by atoms with Crippen LogP contribution in [0, 0.1) is 12.7 Å².